The molecule has 0 amide bonds. The molecule has 16 heavy (non-hydrogen) atoms. The fourth-order valence-electron chi connectivity index (χ4n) is 3.09. The van der Waals surface area contributed by atoms with E-state index in [1.807, 2.05) is 0 Å². The predicted molar refractivity (Wildman–Crippen MR) is 64.3 cm³/mol. The van der Waals surface area contributed by atoms with Crippen LogP contribution < -0.4 is 0 Å². The van der Waals surface area contributed by atoms with Gasteiger partial charge in [-0.3, -0.25) is 4.79 Å². The van der Waals surface area contributed by atoms with Gasteiger partial charge in [0.1, 0.15) is 5.78 Å². The van der Waals surface area contributed by atoms with Crippen molar-refractivity contribution in [2.45, 2.75) is 64.9 Å². The largest absolute Gasteiger partial charge is 0.377 e. The van der Waals surface area contributed by atoms with Crippen LogP contribution >= 0.6 is 0 Å². The van der Waals surface area contributed by atoms with E-state index in [1.54, 1.807) is 0 Å². The standard InChI is InChI=1S/C14H24O2/c1-3-14(4-2)12(15)10-13(14)16-9-8-11-6-5-7-11/h11,13H,3-10H2,1-2H3. The summed E-state index contributed by atoms with van der Waals surface area (Å²) in [5, 5.41) is 0. The van der Waals surface area contributed by atoms with Gasteiger partial charge >= 0.3 is 0 Å². The van der Waals surface area contributed by atoms with Crippen molar-refractivity contribution >= 4 is 5.78 Å². The van der Waals surface area contributed by atoms with Gasteiger partial charge in [-0.25, -0.2) is 0 Å². The quantitative estimate of drug-likeness (QED) is 0.691. The molecule has 0 aromatic heterocycles. The molecule has 0 bridgehead atoms. The number of ether oxygens (including phenoxy) is 1. The molecule has 1 atom stereocenters. The van der Waals surface area contributed by atoms with E-state index in [4.69, 9.17) is 4.74 Å². The Morgan fingerprint density at radius 2 is 2.00 bits per heavy atom. The summed E-state index contributed by atoms with van der Waals surface area (Å²) in [4.78, 5) is 11.7. The minimum Gasteiger partial charge on any atom is -0.377 e. The number of ketones is 1. The Kier molecular flexibility index (Phi) is 3.68. The Morgan fingerprint density at radius 3 is 2.44 bits per heavy atom. The summed E-state index contributed by atoms with van der Waals surface area (Å²) < 4.78 is 5.93. The van der Waals surface area contributed by atoms with Crippen LogP contribution in [-0.4, -0.2) is 18.5 Å². The molecule has 0 saturated heterocycles. The Labute approximate surface area is 98.7 Å². The molecule has 92 valence electrons. The monoisotopic (exact) mass is 224 g/mol. The fourth-order valence-corrected chi connectivity index (χ4v) is 3.09. The molecule has 2 aliphatic carbocycles. The van der Waals surface area contributed by atoms with E-state index in [1.165, 1.54) is 25.7 Å². The molecule has 0 aliphatic heterocycles. The minimum atomic E-state index is -0.125. The summed E-state index contributed by atoms with van der Waals surface area (Å²) in [6.45, 7) is 5.09. The van der Waals surface area contributed by atoms with Crippen LogP contribution in [0.4, 0.5) is 0 Å². The van der Waals surface area contributed by atoms with E-state index in [0.717, 1.165) is 25.4 Å². The summed E-state index contributed by atoms with van der Waals surface area (Å²) in [6, 6.07) is 0. The highest BCUT2D eigenvalue weighted by Crippen LogP contribution is 2.45. The van der Waals surface area contributed by atoms with Crippen molar-refractivity contribution in [3.63, 3.8) is 0 Å². The normalized spacial score (nSPS) is 28.6. The highest BCUT2D eigenvalue weighted by molar-refractivity contribution is 5.92. The average molecular weight is 224 g/mol. The van der Waals surface area contributed by atoms with Crippen LogP contribution in [0.25, 0.3) is 0 Å². The molecule has 2 saturated carbocycles. The topological polar surface area (TPSA) is 26.3 Å². The van der Waals surface area contributed by atoms with Crippen molar-refractivity contribution < 1.29 is 9.53 Å². The number of carbonyl (C=O) groups excluding carboxylic acids is 1. The first-order valence-corrected chi connectivity index (χ1v) is 6.88. The van der Waals surface area contributed by atoms with Gasteiger partial charge in [0.15, 0.2) is 0 Å². The zero-order valence-corrected chi connectivity index (χ0v) is 10.6. The Morgan fingerprint density at radius 1 is 1.31 bits per heavy atom. The van der Waals surface area contributed by atoms with Crippen LogP contribution in [0.3, 0.4) is 0 Å². The van der Waals surface area contributed by atoms with Crippen LogP contribution in [0.1, 0.15) is 58.8 Å². The summed E-state index contributed by atoms with van der Waals surface area (Å²) in [5.74, 6) is 1.33. The van der Waals surface area contributed by atoms with Crippen molar-refractivity contribution in [3.8, 4) is 0 Å². The second-order valence-electron chi connectivity index (χ2n) is 5.44. The molecule has 2 rings (SSSR count). The number of carbonyl (C=O) groups is 1. The van der Waals surface area contributed by atoms with Crippen LogP contribution in [0.15, 0.2) is 0 Å². The molecule has 2 aliphatic rings. The second-order valence-corrected chi connectivity index (χ2v) is 5.44. The number of rotatable bonds is 6. The lowest BCUT2D eigenvalue weighted by Crippen LogP contribution is -2.54. The zero-order valence-electron chi connectivity index (χ0n) is 10.6. The third-order valence-corrected chi connectivity index (χ3v) is 4.87. The van der Waals surface area contributed by atoms with Gasteiger partial charge in [-0.05, 0) is 25.2 Å². The molecular formula is C14H24O2. The Hall–Kier alpha value is -0.370. The third kappa shape index (κ3) is 1.92. The molecule has 0 aromatic carbocycles. The minimum absolute atomic E-state index is 0.125. The van der Waals surface area contributed by atoms with Gasteiger partial charge < -0.3 is 4.74 Å². The van der Waals surface area contributed by atoms with Crippen molar-refractivity contribution in [2.75, 3.05) is 6.61 Å². The van der Waals surface area contributed by atoms with Gasteiger partial charge in [0.2, 0.25) is 0 Å². The zero-order chi connectivity index (χ0) is 11.6. The van der Waals surface area contributed by atoms with Crippen LogP contribution in [0.2, 0.25) is 0 Å². The lowest BCUT2D eigenvalue weighted by Gasteiger charge is -2.46. The molecule has 0 N–H and O–H groups in total. The van der Waals surface area contributed by atoms with E-state index < -0.39 is 0 Å². The molecule has 0 radical (unpaired) electrons. The molecule has 1 unspecified atom stereocenters. The molecule has 0 spiro atoms. The SMILES string of the molecule is CCC1(CC)C(=O)CC1OCCC1CCC1. The van der Waals surface area contributed by atoms with Crippen molar-refractivity contribution in [1.29, 1.82) is 0 Å². The number of hydrogen-bond donors (Lipinski definition) is 0. The highest BCUT2D eigenvalue weighted by Gasteiger charge is 2.52. The summed E-state index contributed by atoms with van der Waals surface area (Å²) in [7, 11) is 0. The maximum atomic E-state index is 11.7. The Bertz CT molecular complexity index is 251. The third-order valence-electron chi connectivity index (χ3n) is 4.87. The first kappa shape index (κ1) is 12.1. The van der Waals surface area contributed by atoms with E-state index in [-0.39, 0.29) is 11.5 Å². The molecule has 2 heteroatoms. The number of hydrogen-bond acceptors (Lipinski definition) is 2. The second kappa shape index (κ2) is 4.87. The molecule has 0 heterocycles. The van der Waals surface area contributed by atoms with E-state index in [0.29, 0.717) is 12.2 Å². The Balaban J connectivity index is 1.74. The van der Waals surface area contributed by atoms with E-state index >= 15 is 0 Å². The van der Waals surface area contributed by atoms with Gasteiger partial charge in [0, 0.05) is 13.0 Å². The lowest BCUT2D eigenvalue weighted by atomic mass is 9.61. The van der Waals surface area contributed by atoms with Crippen LogP contribution in [-0.2, 0) is 9.53 Å². The first-order chi connectivity index (χ1) is 7.73. The average Bonchev–Trinajstić information content (AvgIpc) is 2.22. The van der Waals surface area contributed by atoms with Gasteiger partial charge in [0.25, 0.3) is 0 Å². The highest BCUT2D eigenvalue weighted by atomic mass is 16.5. The van der Waals surface area contributed by atoms with Crippen molar-refractivity contribution in [2.24, 2.45) is 11.3 Å². The van der Waals surface area contributed by atoms with Gasteiger partial charge in [-0.1, -0.05) is 33.1 Å². The van der Waals surface area contributed by atoms with Crippen molar-refractivity contribution in [1.82, 2.24) is 0 Å². The molecular weight excluding hydrogens is 200 g/mol. The molecule has 2 fully saturated rings. The van der Waals surface area contributed by atoms with Crippen molar-refractivity contribution in [3.05, 3.63) is 0 Å². The predicted octanol–water partition coefficient (Wildman–Crippen LogP) is 3.34. The first-order valence-electron chi connectivity index (χ1n) is 6.88. The van der Waals surface area contributed by atoms with E-state index in [2.05, 4.69) is 13.8 Å². The van der Waals surface area contributed by atoms with E-state index in [9.17, 15) is 4.79 Å². The smallest absolute Gasteiger partial charge is 0.144 e. The maximum Gasteiger partial charge on any atom is 0.144 e. The summed E-state index contributed by atoms with van der Waals surface area (Å²) >= 11 is 0. The molecule has 0 aromatic rings. The summed E-state index contributed by atoms with van der Waals surface area (Å²) in [5.41, 5.74) is -0.125. The fraction of sp³-hybridized carbons (Fsp3) is 0.929. The lowest BCUT2D eigenvalue weighted by molar-refractivity contribution is -0.165. The number of Topliss-reactive ketones (excluding diaryl/α,β-unsaturated/α-hetero) is 1. The molecule has 2 nitrogen and oxygen atoms in total. The van der Waals surface area contributed by atoms with Gasteiger partial charge in [-0.15, -0.1) is 0 Å². The van der Waals surface area contributed by atoms with Gasteiger partial charge in [0.05, 0.1) is 11.5 Å². The maximum absolute atomic E-state index is 11.7. The van der Waals surface area contributed by atoms with Crippen LogP contribution in [0.5, 0.6) is 0 Å². The van der Waals surface area contributed by atoms with Crippen LogP contribution in [0, 0.1) is 11.3 Å². The summed E-state index contributed by atoms with van der Waals surface area (Å²) in [6.07, 6.45) is 8.14. The van der Waals surface area contributed by atoms with Gasteiger partial charge in [-0.2, -0.15) is 0 Å².